The molecule has 8 heavy (non-hydrogen) atoms. The van der Waals surface area contributed by atoms with E-state index in [2.05, 4.69) is 20.6 Å². The number of hydrogen-bond acceptors (Lipinski definition) is 4. The molecule has 0 aliphatic heterocycles. The van der Waals surface area contributed by atoms with Crippen LogP contribution in [0.1, 0.15) is 0 Å². The molecule has 0 aliphatic carbocycles. The number of carbonyl (C=O) groups excluding carboxylic acids is 2. The second-order valence-corrected chi connectivity index (χ2v) is 0.561. The van der Waals surface area contributed by atoms with Crippen LogP contribution in [-0.4, -0.2) is 12.2 Å². The van der Waals surface area contributed by atoms with E-state index in [0.29, 0.717) is 0 Å². The number of nitrogens with zero attached hydrogens (tertiary/aromatic N) is 4. The summed E-state index contributed by atoms with van der Waals surface area (Å²) in [6.45, 7) is 0. The summed E-state index contributed by atoms with van der Waals surface area (Å²) in [6.07, 6.45) is 2.10. The highest BCUT2D eigenvalue weighted by molar-refractivity contribution is 5.32. The van der Waals surface area contributed by atoms with E-state index in [1.54, 1.807) is 0 Å². The lowest BCUT2D eigenvalue weighted by atomic mass is 11.6. The fourth-order valence-electron chi connectivity index (χ4n) is 0.0765. The Morgan fingerprint density at radius 3 is 1.50 bits per heavy atom. The van der Waals surface area contributed by atoms with Crippen molar-refractivity contribution in [3.05, 3.63) is 0 Å². The average Bonchev–Trinajstić information content (AvgIpc) is 1.81. The zero-order valence-electron chi connectivity index (χ0n) is 3.61. The van der Waals surface area contributed by atoms with Gasteiger partial charge in [-0.05, 0) is 20.6 Å². The molecular formula is C2N4O2. The van der Waals surface area contributed by atoms with Crippen LogP contribution in [0.5, 0.6) is 0 Å². The lowest BCUT2D eigenvalue weighted by molar-refractivity contribution is 0.559. The summed E-state index contributed by atoms with van der Waals surface area (Å²) in [5, 5.41) is 10.5. The topological polar surface area (TPSA) is 83.6 Å². The lowest BCUT2D eigenvalue weighted by Crippen LogP contribution is -1.47. The highest BCUT2D eigenvalue weighted by Crippen LogP contribution is 1.71. The zero-order valence-corrected chi connectivity index (χ0v) is 3.61. The van der Waals surface area contributed by atoms with Crippen molar-refractivity contribution in [2.24, 2.45) is 20.6 Å². The summed E-state index contributed by atoms with van der Waals surface area (Å²) in [6, 6.07) is 0. The molecule has 0 aromatic rings. The predicted octanol–water partition coefficient (Wildman–Crippen LogP) is -0.0598. The van der Waals surface area contributed by atoms with Crippen LogP contribution in [-0.2, 0) is 9.59 Å². The lowest BCUT2D eigenvalue weighted by Gasteiger charge is -1.56. The summed E-state index contributed by atoms with van der Waals surface area (Å²) < 4.78 is 0. The van der Waals surface area contributed by atoms with Crippen LogP contribution in [0.4, 0.5) is 0 Å². The molecule has 6 nitrogen and oxygen atoms in total. The second-order valence-electron chi connectivity index (χ2n) is 0.561. The van der Waals surface area contributed by atoms with E-state index >= 15 is 0 Å². The highest BCUT2D eigenvalue weighted by Gasteiger charge is 1.58. The summed E-state index contributed by atoms with van der Waals surface area (Å²) in [5.41, 5.74) is 0. The van der Waals surface area contributed by atoms with Crippen molar-refractivity contribution in [3.63, 3.8) is 0 Å². The van der Waals surface area contributed by atoms with Crippen molar-refractivity contribution in [1.82, 2.24) is 0 Å². The Kier molecular flexibility index (Phi) is 4.26. The molecule has 0 bridgehead atoms. The quantitative estimate of drug-likeness (QED) is 0.217. The van der Waals surface area contributed by atoms with Gasteiger partial charge in [0.15, 0.2) is 0 Å². The van der Waals surface area contributed by atoms with Crippen LogP contribution in [0.25, 0.3) is 0 Å². The van der Waals surface area contributed by atoms with Crippen LogP contribution in [0.3, 0.4) is 0 Å². The Balaban J connectivity index is 3.66. The van der Waals surface area contributed by atoms with E-state index < -0.39 is 0 Å². The molecule has 0 rings (SSSR count). The van der Waals surface area contributed by atoms with Gasteiger partial charge in [0, 0.05) is 0 Å². The van der Waals surface area contributed by atoms with E-state index in [-0.39, 0.29) is 0 Å². The summed E-state index contributed by atoms with van der Waals surface area (Å²) in [5.74, 6) is 0. The van der Waals surface area contributed by atoms with Gasteiger partial charge in [0.1, 0.15) is 0 Å². The molecule has 0 saturated carbocycles. The van der Waals surface area contributed by atoms with Gasteiger partial charge in [-0.25, -0.2) is 9.59 Å². The maximum Gasteiger partial charge on any atom is 0.261 e. The van der Waals surface area contributed by atoms with Gasteiger partial charge in [0.25, 0.3) is 12.2 Å². The monoisotopic (exact) mass is 112 g/mol. The van der Waals surface area contributed by atoms with Gasteiger partial charge in [-0.2, -0.15) is 0 Å². The predicted molar refractivity (Wildman–Crippen MR) is 21.1 cm³/mol. The van der Waals surface area contributed by atoms with Crippen LogP contribution in [0.15, 0.2) is 20.6 Å². The van der Waals surface area contributed by atoms with Crippen molar-refractivity contribution in [1.29, 1.82) is 0 Å². The number of rotatable bonds is 2. The van der Waals surface area contributed by atoms with Gasteiger partial charge in [0.05, 0.1) is 0 Å². The van der Waals surface area contributed by atoms with Crippen molar-refractivity contribution in [3.8, 4) is 0 Å². The Morgan fingerprint density at radius 2 is 1.25 bits per heavy atom. The highest BCUT2D eigenvalue weighted by atomic mass is 16.1. The molecule has 0 aromatic carbocycles. The summed E-state index contributed by atoms with van der Waals surface area (Å²) >= 11 is 0. The van der Waals surface area contributed by atoms with E-state index in [4.69, 9.17) is 0 Å². The minimum atomic E-state index is 1.05. The van der Waals surface area contributed by atoms with Gasteiger partial charge < -0.3 is 0 Å². The molecule has 0 heterocycles. The molecule has 0 radical (unpaired) electrons. The molecule has 0 atom stereocenters. The average molecular weight is 112 g/mol. The van der Waals surface area contributed by atoms with E-state index in [9.17, 15) is 9.59 Å². The third-order valence-corrected chi connectivity index (χ3v) is 0.211. The van der Waals surface area contributed by atoms with Gasteiger partial charge in [0.2, 0.25) is 0 Å². The first-order chi connectivity index (χ1) is 3.91. The Labute approximate surface area is 43.6 Å². The third kappa shape index (κ3) is 4.36. The van der Waals surface area contributed by atoms with Gasteiger partial charge in [-0.3, -0.25) is 0 Å². The van der Waals surface area contributed by atoms with Gasteiger partial charge in [-0.15, -0.1) is 0 Å². The number of hydrogen-bond donors (Lipinski definition) is 0. The van der Waals surface area contributed by atoms with E-state index in [1.165, 1.54) is 0 Å². The summed E-state index contributed by atoms with van der Waals surface area (Å²) in [7, 11) is 0. The molecule has 0 unspecified atom stereocenters. The fraction of sp³-hybridized carbons (Fsp3) is 0. The second kappa shape index (κ2) is 5.36. The number of isocyanates is 2. The molecule has 0 fully saturated rings. The molecular weight excluding hydrogens is 112 g/mol. The Morgan fingerprint density at radius 1 is 0.875 bits per heavy atom. The van der Waals surface area contributed by atoms with Gasteiger partial charge >= 0.3 is 0 Å². The van der Waals surface area contributed by atoms with Crippen LogP contribution < -0.4 is 0 Å². The van der Waals surface area contributed by atoms with Crippen LogP contribution >= 0.6 is 0 Å². The van der Waals surface area contributed by atoms with Crippen LogP contribution in [0.2, 0.25) is 0 Å². The Bertz CT molecular complexity index is 152. The fourth-order valence-corrected chi connectivity index (χ4v) is 0.0765. The SMILES string of the molecule is O=C=N/N=N/N=C=O. The first-order valence-electron chi connectivity index (χ1n) is 1.46. The molecule has 0 aliphatic rings. The van der Waals surface area contributed by atoms with Crippen molar-refractivity contribution in [2.75, 3.05) is 0 Å². The molecule has 0 saturated heterocycles. The smallest absolute Gasteiger partial charge is 0.209 e. The van der Waals surface area contributed by atoms with E-state index in [1.807, 2.05) is 0 Å². The minimum absolute atomic E-state index is 1.05. The van der Waals surface area contributed by atoms with Crippen molar-refractivity contribution >= 4 is 12.2 Å². The molecule has 40 valence electrons. The molecule has 0 spiro atoms. The van der Waals surface area contributed by atoms with E-state index in [0.717, 1.165) is 12.2 Å². The van der Waals surface area contributed by atoms with Crippen LogP contribution in [0, 0.1) is 0 Å². The standard InChI is InChI=1S/C2N4O2/c7-1-3-5-6-4-2-8/b6-5+. The first-order valence-corrected chi connectivity index (χ1v) is 1.46. The zero-order chi connectivity index (χ0) is 6.24. The minimum Gasteiger partial charge on any atom is -0.209 e. The Hall–Kier alpha value is -1.64. The molecule has 6 heteroatoms. The van der Waals surface area contributed by atoms with Crippen molar-refractivity contribution < 1.29 is 9.59 Å². The molecule has 0 aromatic heterocycles. The first kappa shape index (κ1) is 6.36. The molecule has 0 N–H and O–H groups in total. The summed E-state index contributed by atoms with van der Waals surface area (Å²) in [4.78, 5) is 18.4. The maximum absolute atomic E-state index is 9.18. The van der Waals surface area contributed by atoms with Crippen molar-refractivity contribution in [2.45, 2.75) is 0 Å². The third-order valence-electron chi connectivity index (χ3n) is 0.211. The van der Waals surface area contributed by atoms with Gasteiger partial charge in [-0.1, -0.05) is 0 Å². The maximum atomic E-state index is 9.18. The largest absolute Gasteiger partial charge is 0.261 e. The molecule has 0 amide bonds. The normalized spacial score (nSPS) is 7.50.